The second kappa shape index (κ2) is 4.08. The molecule has 87 valence electrons. The molecule has 1 N–H and O–H groups in total. The molecule has 0 heterocycles. The molecule has 1 fully saturated rings. The Balaban J connectivity index is 2.76. The highest BCUT2D eigenvalue weighted by atomic mass is 19.1. The first-order chi connectivity index (χ1) is 6.75. The van der Waals surface area contributed by atoms with Crippen molar-refractivity contribution in [3.63, 3.8) is 0 Å². The van der Waals surface area contributed by atoms with Gasteiger partial charge in [-0.05, 0) is 46.5 Å². The van der Waals surface area contributed by atoms with Gasteiger partial charge in [-0.25, -0.2) is 4.39 Å². The highest BCUT2D eigenvalue weighted by Crippen LogP contribution is 2.36. The molecule has 15 heavy (non-hydrogen) atoms. The van der Waals surface area contributed by atoms with Gasteiger partial charge in [0.1, 0.15) is 11.8 Å². The third-order valence-corrected chi connectivity index (χ3v) is 2.64. The largest absolute Gasteiger partial charge is 0.359 e. The van der Waals surface area contributed by atoms with Crippen LogP contribution in [0.1, 0.15) is 46.5 Å². The zero-order valence-electron chi connectivity index (χ0n) is 9.60. The molecule has 0 bridgehead atoms. The fourth-order valence-corrected chi connectivity index (χ4v) is 2.01. The van der Waals surface area contributed by atoms with Crippen LogP contribution in [0.4, 0.5) is 4.39 Å². The van der Waals surface area contributed by atoms with Gasteiger partial charge in [0.2, 0.25) is 0 Å². The lowest BCUT2D eigenvalue weighted by Crippen LogP contribution is -2.50. The predicted octanol–water partition coefficient (Wildman–Crippen LogP) is 2.26. The maximum Gasteiger partial charge on any atom is 0.270 e. The first kappa shape index (κ1) is 12.4. The van der Waals surface area contributed by atoms with Gasteiger partial charge in [-0.2, -0.15) is 0 Å². The topological polar surface area (TPSA) is 50.1 Å². The fraction of sp³-hybridized carbons (Fsp3) is 0.909. The van der Waals surface area contributed by atoms with Crippen molar-refractivity contribution in [2.75, 3.05) is 0 Å². The molecular weight excluding hydrogens is 197 g/mol. The Bertz CT molecular complexity index is 239. The summed E-state index contributed by atoms with van der Waals surface area (Å²) in [4.78, 5) is 11.3. The van der Waals surface area contributed by atoms with Crippen molar-refractivity contribution in [2.24, 2.45) is 0 Å². The summed E-state index contributed by atoms with van der Waals surface area (Å²) in [5.41, 5.74) is 5.74. The molecule has 1 rings (SSSR count). The summed E-state index contributed by atoms with van der Waals surface area (Å²) >= 11 is 0. The number of carbonyl (C=O) groups is 1. The van der Waals surface area contributed by atoms with Crippen molar-refractivity contribution >= 4 is 5.91 Å². The molecule has 1 amide bonds. The fourth-order valence-electron chi connectivity index (χ4n) is 2.01. The van der Waals surface area contributed by atoms with Crippen LogP contribution in [0, 0.1) is 0 Å². The summed E-state index contributed by atoms with van der Waals surface area (Å²) in [5, 5.41) is 0. The van der Waals surface area contributed by atoms with E-state index in [2.05, 4.69) is 0 Å². The van der Waals surface area contributed by atoms with Crippen LogP contribution in [0.5, 0.6) is 0 Å². The van der Waals surface area contributed by atoms with Crippen LogP contribution in [0.3, 0.4) is 0 Å². The molecule has 0 aromatic carbocycles. The number of amides is 1. The Morgan fingerprint density at radius 1 is 1.40 bits per heavy atom. The third-order valence-electron chi connectivity index (χ3n) is 2.64. The van der Waals surface area contributed by atoms with E-state index in [4.69, 9.17) is 10.5 Å². The summed E-state index contributed by atoms with van der Waals surface area (Å²) in [6.07, 6.45) is 0.448. The monoisotopic (exact) mass is 216 g/mol. The Kier molecular flexibility index (Phi) is 3.38. The first-order valence-corrected chi connectivity index (χ1v) is 5.35. The molecule has 1 radical (unpaired) electrons. The lowest BCUT2D eigenvalue weighted by Gasteiger charge is -2.40. The van der Waals surface area contributed by atoms with Gasteiger partial charge in [-0.1, -0.05) is 0 Å². The number of nitrogens with one attached hydrogen (secondary N) is 1. The highest BCUT2D eigenvalue weighted by Gasteiger charge is 2.44. The van der Waals surface area contributed by atoms with Gasteiger partial charge in [0.15, 0.2) is 0 Å². The molecule has 0 unspecified atom stereocenters. The summed E-state index contributed by atoms with van der Waals surface area (Å²) in [7, 11) is 0. The number of hydrogen-bond acceptors (Lipinski definition) is 2. The third kappa shape index (κ3) is 3.16. The van der Waals surface area contributed by atoms with Crippen molar-refractivity contribution in [2.45, 2.75) is 63.8 Å². The van der Waals surface area contributed by atoms with E-state index in [1.165, 1.54) is 0 Å². The van der Waals surface area contributed by atoms with E-state index in [-0.39, 0.29) is 0 Å². The van der Waals surface area contributed by atoms with Crippen molar-refractivity contribution in [1.82, 2.24) is 5.73 Å². The molecular formula is C11H19FNO2. The minimum absolute atomic E-state index is 0.320. The van der Waals surface area contributed by atoms with E-state index < -0.39 is 23.3 Å². The van der Waals surface area contributed by atoms with Gasteiger partial charge in [-0.3, -0.25) is 10.5 Å². The summed E-state index contributed by atoms with van der Waals surface area (Å²) in [6, 6.07) is 0. The second-order valence-corrected chi connectivity index (χ2v) is 5.21. The molecule has 0 atom stereocenters. The normalized spacial score (nSPS) is 32.7. The van der Waals surface area contributed by atoms with Gasteiger partial charge in [0.05, 0.1) is 5.60 Å². The average Bonchev–Trinajstić information content (AvgIpc) is 2.06. The van der Waals surface area contributed by atoms with Crippen molar-refractivity contribution in [3.8, 4) is 0 Å². The molecule has 1 aliphatic carbocycles. The highest BCUT2D eigenvalue weighted by molar-refractivity contribution is 5.83. The minimum atomic E-state index is -1.07. The smallest absolute Gasteiger partial charge is 0.270 e. The Labute approximate surface area is 90.2 Å². The lowest BCUT2D eigenvalue weighted by molar-refractivity contribution is -0.175. The number of halogens is 1. The quantitative estimate of drug-likeness (QED) is 0.711. The molecule has 0 spiro atoms. The number of alkyl halides is 1. The Morgan fingerprint density at radius 2 is 1.87 bits per heavy atom. The molecule has 0 aromatic heterocycles. The van der Waals surface area contributed by atoms with E-state index in [0.29, 0.717) is 25.7 Å². The molecule has 1 aliphatic rings. The number of ether oxygens (including phenoxy) is 1. The molecule has 0 saturated heterocycles. The molecule has 4 heteroatoms. The number of rotatable bonds is 2. The molecule has 0 aliphatic heterocycles. The second-order valence-electron chi connectivity index (χ2n) is 5.21. The summed E-state index contributed by atoms with van der Waals surface area (Å²) < 4.78 is 18.7. The number of carbonyl (C=O) groups excluding carboxylic acids is 1. The van der Waals surface area contributed by atoms with Crippen molar-refractivity contribution in [3.05, 3.63) is 0 Å². The Morgan fingerprint density at radius 3 is 2.20 bits per heavy atom. The van der Waals surface area contributed by atoms with E-state index >= 15 is 0 Å². The first-order valence-electron chi connectivity index (χ1n) is 5.35. The SMILES string of the molecule is CC(C)(C)OC1(C([NH])=O)CCC(F)CC1. The predicted molar refractivity (Wildman–Crippen MR) is 55.0 cm³/mol. The van der Waals surface area contributed by atoms with E-state index in [0.717, 1.165) is 0 Å². The lowest BCUT2D eigenvalue weighted by atomic mass is 9.82. The van der Waals surface area contributed by atoms with Crippen LogP contribution in [-0.4, -0.2) is 23.3 Å². The van der Waals surface area contributed by atoms with Crippen LogP contribution in [0.15, 0.2) is 0 Å². The summed E-state index contributed by atoms with van der Waals surface area (Å²) in [6.45, 7) is 5.54. The van der Waals surface area contributed by atoms with Crippen molar-refractivity contribution < 1.29 is 13.9 Å². The standard InChI is InChI=1S/C11H19FNO2/c1-10(2,3)15-11(9(13)14)6-4-8(12)5-7-11/h8,13H,4-7H2,1-3H3. The summed E-state index contributed by atoms with van der Waals surface area (Å²) in [5.74, 6) is -0.718. The van der Waals surface area contributed by atoms with E-state index in [9.17, 15) is 9.18 Å². The molecule has 3 nitrogen and oxygen atoms in total. The maximum absolute atomic E-state index is 13.0. The van der Waals surface area contributed by atoms with Gasteiger partial charge < -0.3 is 4.74 Å². The van der Waals surface area contributed by atoms with Crippen LogP contribution >= 0.6 is 0 Å². The van der Waals surface area contributed by atoms with E-state index in [1.54, 1.807) is 0 Å². The van der Waals surface area contributed by atoms with Crippen LogP contribution in [-0.2, 0) is 9.53 Å². The van der Waals surface area contributed by atoms with Gasteiger partial charge in [-0.15, -0.1) is 0 Å². The zero-order valence-corrected chi connectivity index (χ0v) is 9.60. The van der Waals surface area contributed by atoms with Gasteiger partial charge in [0, 0.05) is 0 Å². The minimum Gasteiger partial charge on any atom is -0.359 e. The zero-order chi connectivity index (χ0) is 11.7. The number of hydrogen-bond donors (Lipinski definition) is 0. The van der Waals surface area contributed by atoms with Crippen LogP contribution < -0.4 is 5.73 Å². The van der Waals surface area contributed by atoms with Crippen molar-refractivity contribution in [1.29, 1.82) is 0 Å². The van der Waals surface area contributed by atoms with E-state index in [1.807, 2.05) is 20.8 Å². The Hall–Kier alpha value is -0.640. The average molecular weight is 216 g/mol. The molecule has 0 aromatic rings. The van der Waals surface area contributed by atoms with Gasteiger partial charge >= 0.3 is 0 Å². The molecule has 1 saturated carbocycles. The van der Waals surface area contributed by atoms with Crippen LogP contribution in [0.25, 0.3) is 0 Å². The van der Waals surface area contributed by atoms with Crippen LogP contribution in [0.2, 0.25) is 0 Å². The maximum atomic E-state index is 13.0. The van der Waals surface area contributed by atoms with Gasteiger partial charge in [0.25, 0.3) is 5.91 Å².